The molecular weight excluding hydrogens is 195 g/mol. The van der Waals surface area contributed by atoms with E-state index in [4.69, 9.17) is 4.42 Å². The molecule has 0 saturated heterocycles. The number of benzene rings is 1. The average Bonchev–Trinajstić information content (AvgIpc) is 2.44. The zero-order valence-corrected chi connectivity index (χ0v) is 8.85. The summed E-state index contributed by atoms with van der Waals surface area (Å²) >= 11 is 0. The lowest BCUT2D eigenvalue weighted by Gasteiger charge is -1.94. The quantitative estimate of drug-likeness (QED) is 0.669. The molecule has 1 aromatic heterocycles. The molecule has 0 aliphatic carbocycles. The number of hydrogen-bond donors (Lipinski definition) is 0. The van der Waals surface area contributed by atoms with Crippen LogP contribution < -0.4 is 0 Å². The van der Waals surface area contributed by atoms with Gasteiger partial charge in [0.05, 0.1) is 0 Å². The number of carbonyl (C=O) groups is 1. The third-order valence-corrected chi connectivity index (χ3v) is 2.51. The third-order valence-electron chi connectivity index (χ3n) is 2.51. The molecule has 1 aromatic carbocycles. The standard InChI is InChI=1S/C12H11FO2/c1-6-4-9(13)5-10-7(2)12(8(3)14)15-11(6)10/h4-5H,1-3H3. The average molecular weight is 206 g/mol. The number of ketones is 1. The monoisotopic (exact) mass is 206 g/mol. The fraction of sp³-hybridized carbons (Fsp3) is 0.250. The highest BCUT2D eigenvalue weighted by Gasteiger charge is 2.16. The predicted molar refractivity (Wildman–Crippen MR) is 55.7 cm³/mol. The van der Waals surface area contributed by atoms with Gasteiger partial charge in [0, 0.05) is 17.9 Å². The molecule has 2 nitrogen and oxygen atoms in total. The molecule has 0 aliphatic heterocycles. The van der Waals surface area contributed by atoms with Crippen LogP contribution in [0, 0.1) is 19.7 Å². The summed E-state index contributed by atoms with van der Waals surface area (Å²) in [5.74, 6) is -0.124. The van der Waals surface area contributed by atoms with Crippen LogP contribution in [0.15, 0.2) is 16.5 Å². The Labute approximate surface area is 86.7 Å². The van der Waals surface area contributed by atoms with Crippen molar-refractivity contribution in [2.75, 3.05) is 0 Å². The second-order valence-electron chi connectivity index (χ2n) is 3.71. The summed E-state index contributed by atoms with van der Waals surface area (Å²) in [4.78, 5) is 11.2. The molecule has 0 aliphatic rings. The van der Waals surface area contributed by atoms with Gasteiger partial charge >= 0.3 is 0 Å². The Morgan fingerprint density at radius 2 is 2.00 bits per heavy atom. The first-order valence-electron chi connectivity index (χ1n) is 4.71. The van der Waals surface area contributed by atoms with Crippen LogP contribution in [0.1, 0.15) is 28.6 Å². The molecule has 0 saturated carbocycles. The van der Waals surface area contributed by atoms with Gasteiger partial charge in [-0.3, -0.25) is 4.79 Å². The Morgan fingerprint density at radius 1 is 1.33 bits per heavy atom. The first-order valence-corrected chi connectivity index (χ1v) is 4.71. The van der Waals surface area contributed by atoms with Crippen molar-refractivity contribution in [3.63, 3.8) is 0 Å². The lowest BCUT2D eigenvalue weighted by Crippen LogP contribution is -1.90. The topological polar surface area (TPSA) is 30.2 Å². The zero-order valence-electron chi connectivity index (χ0n) is 8.85. The van der Waals surface area contributed by atoms with Crippen LogP contribution in [0.4, 0.5) is 4.39 Å². The molecule has 0 amide bonds. The number of aryl methyl sites for hydroxylation is 2. The number of carbonyl (C=O) groups excluding carboxylic acids is 1. The second-order valence-corrected chi connectivity index (χ2v) is 3.71. The van der Waals surface area contributed by atoms with Crippen LogP contribution in [0.3, 0.4) is 0 Å². The molecular formula is C12H11FO2. The maximum Gasteiger partial charge on any atom is 0.195 e. The minimum atomic E-state index is -0.306. The highest BCUT2D eigenvalue weighted by Crippen LogP contribution is 2.28. The molecule has 0 fully saturated rings. The van der Waals surface area contributed by atoms with Crippen molar-refractivity contribution in [1.29, 1.82) is 0 Å². The summed E-state index contributed by atoms with van der Waals surface area (Å²) in [5.41, 5.74) is 2.01. The predicted octanol–water partition coefficient (Wildman–Crippen LogP) is 3.39. The van der Waals surface area contributed by atoms with E-state index in [-0.39, 0.29) is 11.6 Å². The molecule has 2 aromatic rings. The summed E-state index contributed by atoms with van der Waals surface area (Å²) in [6.45, 7) is 4.97. The summed E-state index contributed by atoms with van der Waals surface area (Å²) in [5, 5.41) is 0.678. The van der Waals surface area contributed by atoms with E-state index in [1.807, 2.05) is 0 Å². The molecule has 78 valence electrons. The van der Waals surface area contributed by atoms with Crippen LogP contribution >= 0.6 is 0 Å². The minimum Gasteiger partial charge on any atom is -0.452 e. The minimum absolute atomic E-state index is 0.136. The van der Waals surface area contributed by atoms with E-state index in [2.05, 4.69) is 0 Å². The Hall–Kier alpha value is -1.64. The SMILES string of the molecule is CC(=O)c1oc2c(C)cc(F)cc2c1C. The fourth-order valence-corrected chi connectivity index (χ4v) is 1.78. The van der Waals surface area contributed by atoms with Gasteiger partial charge in [-0.2, -0.15) is 0 Å². The van der Waals surface area contributed by atoms with E-state index < -0.39 is 0 Å². The van der Waals surface area contributed by atoms with Crippen LogP contribution in [0.2, 0.25) is 0 Å². The van der Waals surface area contributed by atoms with Crippen molar-refractivity contribution < 1.29 is 13.6 Å². The number of fused-ring (bicyclic) bond motifs is 1. The Kier molecular flexibility index (Phi) is 2.11. The van der Waals surface area contributed by atoms with Gasteiger partial charge in [0.25, 0.3) is 0 Å². The van der Waals surface area contributed by atoms with Crippen LogP contribution in [0.25, 0.3) is 11.0 Å². The highest BCUT2D eigenvalue weighted by atomic mass is 19.1. The zero-order chi connectivity index (χ0) is 11.2. The van der Waals surface area contributed by atoms with Crippen molar-refractivity contribution >= 4 is 16.8 Å². The van der Waals surface area contributed by atoms with Gasteiger partial charge < -0.3 is 4.42 Å². The first-order chi connectivity index (χ1) is 7.00. The van der Waals surface area contributed by atoms with Gasteiger partial charge in [-0.1, -0.05) is 0 Å². The third kappa shape index (κ3) is 1.44. The maximum absolute atomic E-state index is 13.2. The molecule has 2 rings (SSSR count). The van der Waals surface area contributed by atoms with E-state index in [0.29, 0.717) is 27.9 Å². The van der Waals surface area contributed by atoms with Gasteiger partial charge in [0.1, 0.15) is 11.4 Å². The lowest BCUT2D eigenvalue weighted by molar-refractivity contribution is 0.0988. The molecule has 0 N–H and O–H groups in total. The van der Waals surface area contributed by atoms with Crippen LogP contribution in [-0.2, 0) is 0 Å². The molecule has 1 heterocycles. The first kappa shape index (κ1) is 9.90. The highest BCUT2D eigenvalue weighted by molar-refractivity contribution is 5.99. The smallest absolute Gasteiger partial charge is 0.195 e. The molecule has 0 unspecified atom stereocenters. The van der Waals surface area contributed by atoms with Gasteiger partial charge in [-0.05, 0) is 31.5 Å². The van der Waals surface area contributed by atoms with E-state index in [9.17, 15) is 9.18 Å². The van der Waals surface area contributed by atoms with E-state index in [1.54, 1.807) is 13.8 Å². The Balaban J connectivity index is 2.88. The normalized spacial score (nSPS) is 10.9. The van der Waals surface area contributed by atoms with Crippen molar-refractivity contribution in [3.8, 4) is 0 Å². The summed E-state index contributed by atoms with van der Waals surface area (Å²) in [7, 11) is 0. The number of rotatable bonds is 1. The second kappa shape index (κ2) is 3.19. The Morgan fingerprint density at radius 3 is 2.60 bits per heavy atom. The van der Waals surface area contributed by atoms with Crippen molar-refractivity contribution in [3.05, 3.63) is 34.8 Å². The molecule has 3 heteroatoms. The summed E-state index contributed by atoms with van der Waals surface area (Å²) < 4.78 is 18.6. The number of Topliss-reactive ketones (excluding diaryl/α,β-unsaturated/α-hetero) is 1. The van der Waals surface area contributed by atoms with Gasteiger partial charge in [-0.25, -0.2) is 4.39 Å². The molecule has 0 spiro atoms. The van der Waals surface area contributed by atoms with Gasteiger partial charge in [0.2, 0.25) is 0 Å². The molecule has 0 bridgehead atoms. The van der Waals surface area contributed by atoms with Gasteiger partial charge in [0.15, 0.2) is 11.5 Å². The molecule has 15 heavy (non-hydrogen) atoms. The largest absolute Gasteiger partial charge is 0.452 e. The number of halogens is 1. The molecule has 0 atom stereocenters. The van der Waals surface area contributed by atoms with E-state index in [1.165, 1.54) is 19.1 Å². The summed E-state index contributed by atoms with van der Waals surface area (Å²) in [6, 6.07) is 2.79. The lowest BCUT2D eigenvalue weighted by atomic mass is 10.1. The van der Waals surface area contributed by atoms with Crippen molar-refractivity contribution in [1.82, 2.24) is 0 Å². The maximum atomic E-state index is 13.2. The van der Waals surface area contributed by atoms with Crippen LogP contribution in [0.5, 0.6) is 0 Å². The fourth-order valence-electron chi connectivity index (χ4n) is 1.78. The Bertz CT molecular complexity index is 552. The summed E-state index contributed by atoms with van der Waals surface area (Å²) in [6.07, 6.45) is 0. The van der Waals surface area contributed by atoms with Crippen molar-refractivity contribution in [2.45, 2.75) is 20.8 Å². The number of hydrogen-bond acceptors (Lipinski definition) is 2. The van der Waals surface area contributed by atoms with E-state index in [0.717, 1.165) is 0 Å². The number of furan rings is 1. The van der Waals surface area contributed by atoms with Gasteiger partial charge in [-0.15, -0.1) is 0 Å². The van der Waals surface area contributed by atoms with Crippen LogP contribution in [-0.4, -0.2) is 5.78 Å². The molecule has 0 radical (unpaired) electrons. The van der Waals surface area contributed by atoms with E-state index >= 15 is 0 Å². The van der Waals surface area contributed by atoms with Crippen molar-refractivity contribution in [2.24, 2.45) is 0 Å².